The molecule has 0 spiro atoms. The summed E-state index contributed by atoms with van der Waals surface area (Å²) < 4.78 is 1.64. The second kappa shape index (κ2) is 5.88. The highest BCUT2D eigenvalue weighted by Crippen LogP contribution is 2.14. The summed E-state index contributed by atoms with van der Waals surface area (Å²) in [7, 11) is 3.57. The minimum absolute atomic E-state index is 0.112. The van der Waals surface area contributed by atoms with Gasteiger partial charge in [-0.25, -0.2) is 0 Å². The van der Waals surface area contributed by atoms with Crippen molar-refractivity contribution in [2.45, 2.75) is 19.5 Å². The Morgan fingerprint density at radius 3 is 2.85 bits per heavy atom. The summed E-state index contributed by atoms with van der Waals surface area (Å²) in [5, 5.41) is 4.04. The van der Waals surface area contributed by atoms with Crippen LogP contribution in [-0.2, 0) is 18.4 Å². The van der Waals surface area contributed by atoms with Crippen molar-refractivity contribution in [3.05, 3.63) is 53.3 Å². The molecule has 20 heavy (non-hydrogen) atoms. The first-order chi connectivity index (χ1) is 9.47. The Morgan fingerprint density at radius 1 is 1.50 bits per heavy atom. The number of nitrogens with two attached hydrogens (primary N) is 1. The van der Waals surface area contributed by atoms with Crippen LogP contribution in [0.25, 0.3) is 0 Å². The van der Waals surface area contributed by atoms with Gasteiger partial charge in [-0.15, -0.1) is 0 Å². The normalized spacial score (nSPS) is 12.2. The summed E-state index contributed by atoms with van der Waals surface area (Å²) in [4.78, 5) is 14.0. The second-order valence-corrected chi connectivity index (χ2v) is 5.11. The van der Waals surface area contributed by atoms with E-state index in [2.05, 4.69) is 11.2 Å². The van der Waals surface area contributed by atoms with Crippen molar-refractivity contribution in [3.8, 4) is 0 Å². The number of rotatable bonds is 4. The summed E-state index contributed by atoms with van der Waals surface area (Å²) in [5.74, 6) is -0.112. The smallest absolute Gasteiger partial charge is 0.244 e. The standard InChI is InChI=1S/C15H20N4O/c1-11-5-4-6-12(7-11)9-18(2)15(20)14(16)13-8-17-19(3)10-13/h4-8,10,14H,9,16H2,1-3H3. The van der Waals surface area contributed by atoms with Crippen molar-refractivity contribution >= 4 is 5.91 Å². The molecule has 0 aliphatic rings. The quantitative estimate of drug-likeness (QED) is 0.914. The minimum atomic E-state index is -0.668. The Morgan fingerprint density at radius 2 is 2.25 bits per heavy atom. The van der Waals surface area contributed by atoms with Gasteiger partial charge < -0.3 is 10.6 Å². The maximum atomic E-state index is 12.3. The van der Waals surface area contributed by atoms with E-state index in [1.54, 1.807) is 36.1 Å². The molecule has 5 heteroatoms. The van der Waals surface area contributed by atoms with Crippen LogP contribution in [0.2, 0.25) is 0 Å². The molecular formula is C15H20N4O. The van der Waals surface area contributed by atoms with Gasteiger partial charge in [-0.1, -0.05) is 29.8 Å². The lowest BCUT2D eigenvalue weighted by molar-refractivity contribution is -0.131. The molecule has 0 saturated heterocycles. The molecule has 0 bridgehead atoms. The number of benzene rings is 1. The predicted octanol–water partition coefficient (Wildman–Crippen LogP) is 1.39. The first kappa shape index (κ1) is 14.3. The Bertz CT molecular complexity index is 605. The number of nitrogens with zero attached hydrogens (tertiary/aromatic N) is 3. The summed E-state index contributed by atoms with van der Waals surface area (Å²) >= 11 is 0. The molecule has 0 aliphatic carbocycles. The molecule has 1 amide bonds. The zero-order valence-electron chi connectivity index (χ0n) is 12.1. The monoisotopic (exact) mass is 272 g/mol. The van der Waals surface area contributed by atoms with Gasteiger partial charge in [0.1, 0.15) is 6.04 Å². The van der Waals surface area contributed by atoms with Gasteiger partial charge >= 0.3 is 0 Å². The van der Waals surface area contributed by atoms with Crippen LogP contribution in [0, 0.1) is 6.92 Å². The van der Waals surface area contributed by atoms with E-state index in [4.69, 9.17) is 5.73 Å². The largest absolute Gasteiger partial charge is 0.340 e. The van der Waals surface area contributed by atoms with Gasteiger partial charge in [0.2, 0.25) is 5.91 Å². The van der Waals surface area contributed by atoms with Gasteiger partial charge in [-0.05, 0) is 12.5 Å². The van der Waals surface area contributed by atoms with E-state index < -0.39 is 6.04 Å². The molecule has 0 radical (unpaired) electrons. The number of carbonyl (C=O) groups excluding carboxylic acids is 1. The number of hydrogen-bond donors (Lipinski definition) is 1. The molecule has 1 aromatic carbocycles. The van der Waals surface area contributed by atoms with Crippen LogP contribution in [0.1, 0.15) is 22.7 Å². The number of amides is 1. The van der Waals surface area contributed by atoms with E-state index in [1.807, 2.05) is 25.1 Å². The highest BCUT2D eigenvalue weighted by atomic mass is 16.2. The van der Waals surface area contributed by atoms with E-state index >= 15 is 0 Å². The van der Waals surface area contributed by atoms with E-state index in [0.717, 1.165) is 11.1 Å². The fourth-order valence-corrected chi connectivity index (χ4v) is 2.14. The molecule has 1 unspecified atom stereocenters. The topological polar surface area (TPSA) is 64.2 Å². The van der Waals surface area contributed by atoms with Crippen molar-refractivity contribution < 1.29 is 4.79 Å². The zero-order valence-corrected chi connectivity index (χ0v) is 12.1. The van der Waals surface area contributed by atoms with Crippen molar-refractivity contribution in [1.82, 2.24) is 14.7 Å². The maximum Gasteiger partial charge on any atom is 0.244 e. The van der Waals surface area contributed by atoms with Crippen LogP contribution in [0.3, 0.4) is 0 Å². The lowest BCUT2D eigenvalue weighted by Crippen LogP contribution is -2.35. The van der Waals surface area contributed by atoms with Crippen LogP contribution in [0.4, 0.5) is 0 Å². The number of hydrogen-bond acceptors (Lipinski definition) is 3. The minimum Gasteiger partial charge on any atom is -0.340 e. The second-order valence-electron chi connectivity index (χ2n) is 5.11. The van der Waals surface area contributed by atoms with Gasteiger partial charge in [0.05, 0.1) is 6.20 Å². The van der Waals surface area contributed by atoms with Crippen molar-refractivity contribution in [3.63, 3.8) is 0 Å². The first-order valence-electron chi connectivity index (χ1n) is 6.52. The highest BCUT2D eigenvalue weighted by molar-refractivity contribution is 5.82. The number of aryl methyl sites for hydroxylation is 2. The third-order valence-electron chi connectivity index (χ3n) is 3.23. The maximum absolute atomic E-state index is 12.3. The predicted molar refractivity (Wildman–Crippen MR) is 77.8 cm³/mol. The summed E-state index contributed by atoms with van der Waals surface area (Å²) in [6.45, 7) is 2.58. The number of carbonyl (C=O) groups is 1. The molecule has 106 valence electrons. The summed E-state index contributed by atoms with van der Waals surface area (Å²) in [6.07, 6.45) is 3.39. The van der Waals surface area contributed by atoms with E-state index in [9.17, 15) is 4.79 Å². The number of likely N-dealkylation sites (N-methyl/N-ethyl adjacent to an activating group) is 1. The van der Waals surface area contributed by atoms with Gasteiger partial charge in [0.25, 0.3) is 0 Å². The van der Waals surface area contributed by atoms with Gasteiger partial charge in [-0.2, -0.15) is 5.10 Å². The number of aromatic nitrogens is 2. The Balaban J connectivity index is 2.05. The molecule has 1 heterocycles. The molecule has 5 nitrogen and oxygen atoms in total. The average Bonchev–Trinajstić information content (AvgIpc) is 2.83. The van der Waals surface area contributed by atoms with Crippen LogP contribution < -0.4 is 5.73 Å². The van der Waals surface area contributed by atoms with Crippen LogP contribution >= 0.6 is 0 Å². The Kier molecular flexibility index (Phi) is 4.20. The molecule has 1 aromatic heterocycles. The molecule has 0 fully saturated rings. The van der Waals surface area contributed by atoms with Crippen LogP contribution in [0.15, 0.2) is 36.7 Å². The summed E-state index contributed by atoms with van der Waals surface area (Å²) in [6, 6.07) is 7.43. The Hall–Kier alpha value is -2.14. The molecule has 0 saturated carbocycles. The molecular weight excluding hydrogens is 252 g/mol. The molecule has 2 N–H and O–H groups in total. The van der Waals surface area contributed by atoms with Crippen LogP contribution in [0.5, 0.6) is 0 Å². The lowest BCUT2D eigenvalue weighted by atomic mass is 10.1. The SMILES string of the molecule is Cc1cccc(CN(C)C(=O)C(N)c2cnn(C)c2)c1. The van der Waals surface area contributed by atoms with Crippen molar-refractivity contribution in [2.24, 2.45) is 12.8 Å². The van der Waals surface area contributed by atoms with Gasteiger partial charge in [0, 0.05) is 32.4 Å². The van der Waals surface area contributed by atoms with E-state index in [0.29, 0.717) is 6.54 Å². The lowest BCUT2D eigenvalue weighted by Gasteiger charge is -2.21. The van der Waals surface area contributed by atoms with Crippen molar-refractivity contribution in [1.29, 1.82) is 0 Å². The average molecular weight is 272 g/mol. The van der Waals surface area contributed by atoms with Gasteiger partial charge in [0.15, 0.2) is 0 Å². The fraction of sp³-hybridized carbons (Fsp3) is 0.333. The molecule has 0 aliphatic heterocycles. The zero-order chi connectivity index (χ0) is 14.7. The fourth-order valence-electron chi connectivity index (χ4n) is 2.14. The summed E-state index contributed by atoms with van der Waals surface area (Å²) in [5.41, 5.74) is 9.00. The third kappa shape index (κ3) is 3.24. The first-order valence-corrected chi connectivity index (χ1v) is 6.52. The van der Waals surface area contributed by atoms with Crippen LogP contribution in [-0.4, -0.2) is 27.6 Å². The molecule has 1 atom stereocenters. The van der Waals surface area contributed by atoms with E-state index in [-0.39, 0.29) is 5.91 Å². The third-order valence-corrected chi connectivity index (χ3v) is 3.23. The Labute approximate surface area is 119 Å². The van der Waals surface area contributed by atoms with Crippen molar-refractivity contribution in [2.75, 3.05) is 7.05 Å². The molecule has 2 rings (SSSR count). The highest BCUT2D eigenvalue weighted by Gasteiger charge is 2.21. The molecule has 2 aromatic rings. The van der Waals surface area contributed by atoms with Gasteiger partial charge in [-0.3, -0.25) is 9.48 Å². The van der Waals surface area contributed by atoms with E-state index in [1.165, 1.54) is 5.56 Å².